The maximum absolute atomic E-state index is 5.90. The molecule has 2 aliphatic rings. The van der Waals surface area contributed by atoms with Gasteiger partial charge in [-0.2, -0.15) is 0 Å². The lowest BCUT2D eigenvalue weighted by molar-refractivity contribution is -0.241. The molecule has 0 unspecified atom stereocenters. The topological polar surface area (TPSA) is 30.9 Å². The highest BCUT2D eigenvalue weighted by atomic mass is 16.7. The molecule has 0 amide bonds. The number of hydrogen-bond acceptors (Lipinski definition) is 4. The van der Waals surface area contributed by atoms with Crippen molar-refractivity contribution in [1.82, 2.24) is 4.90 Å². The summed E-state index contributed by atoms with van der Waals surface area (Å²) in [4.78, 5) is 2.70. The minimum Gasteiger partial charge on any atom is -0.379 e. The Bertz CT molecular complexity index is 411. The third-order valence-corrected chi connectivity index (χ3v) is 7.38. The first-order chi connectivity index (χ1) is 11.5. The average molecular weight is 356 g/mol. The summed E-state index contributed by atoms with van der Waals surface area (Å²) in [5.74, 6) is 1.23. The van der Waals surface area contributed by atoms with Crippen molar-refractivity contribution in [1.29, 1.82) is 0 Å². The Hall–Kier alpha value is -0.160. The fourth-order valence-electron chi connectivity index (χ4n) is 4.40. The van der Waals surface area contributed by atoms with Crippen molar-refractivity contribution >= 4 is 0 Å². The second-order valence-electron chi connectivity index (χ2n) is 10.2. The molecule has 0 aromatic carbocycles. The number of rotatable bonds is 5. The molecular weight excluding hydrogens is 314 g/mol. The van der Waals surface area contributed by atoms with E-state index in [0.717, 1.165) is 19.1 Å². The zero-order valence-electron chi connectivity index (χ0n) is 17.9. The van der Waals surface area contributed by atoms with Crippen molar-refractivity contribution in [3.63, 3.8) is 0 Å². The van der Waals surface area contributed by atoms with Crippen molar-refractivity contribution in [2.75, 3.05) is 40.0 Å². The van der Waals surface area contributed by atoms with Gasteiger partial charge in [0.1, 0.15) is 0 Å². The smallest absolute Gasteiger partial charge is 0.180 e. The first-order valence-electron chi connectivity index (χ1n) is 9.97. The number of piperidine rings is 1. The second-order valence-corrected chi connectivity index (χ2v) is 10.2. The van der Waals surface area contributed by atoms with Crippen LogP contribution < -0.4 is 0 Å². The summed E-state index contributed by atoms with van der Waals surface area (Å²) in [5, 5.41) is 0. The largest absolute Gasteiger partial charge is 0.379 e. The van der Waals surface area contributed by atoms with Crippen LogP contribution in [0.3, 0.4) is 0 Å². The lowest BCUT2D eigenvalue weighted by Crippen LogP contribution is -2.61. The van der Waals surface area contributed by atoms with Crippen LogP contribution in [0.1, 0.15) is 61.3 Å². The van der Waals surface area contributed by atoms with E-state index in [1.807, 2.05) is 0 Å². The van der Waals surface area contributed by atoms with Gasteiger partial charge in [-0.3, -0.25) is 4.90 Å². The molecule has 148 valence electrons. The fraction of sp³-hybridized carbons (Fsp3) is 1.00. The monoisotopic (exact) mass is 355 g/mol. The van der Waals surface area contributed by atoms with Gasteiger partial charge >= 0.3 is 0 Å². The number of likely N-dealkylation sites (tertiary alicyclic amines) is 1. The number of methoxy groups -OCH3 is 1. The molecule has 4 nitrogen and oxygen atoms in total. The third-order valence-electron chi connectivity index (χ3n) is 7.38. The Morgan fingerprint density at radius 1 is 0.880 bits per heavy atom. The Balaban J connectivity index is 1.98. The van der Waals surface area contributed by atoms with Gasteiger partial charge in [-0.05, 0) is 56.5 Å². The highest BCUT2D eigenvalue weighted by Crippen LogP contribution is 2.46. The SMILES string of the molecule is COCC1OCC(C(C)(C)C(C)(C)N2CCC(C(C)(C)C)CC2)CO1. The third kappa shape index (κ3) is 4.58. The zero-order valence-corrected chi connectivity index (χ0v) is 17.9. The standard InChI is InChI=1S/C21H41NO3/c1-19(2,3)16-9-11-22(12-10-16)21(6,7)20(4,5)17-13-24-18(15-23-8)25-14-17/h16-18H,9-15H2,1-8H3. The molecule has 0 aliphatic carbocycles. The van der Waals surface area contributed by atoms with Gasteiger partial charge in [-0.15, -0.1) is 0 Å². The lowest BCUT2D eigenvalue weighted by Gasteiger charge is -2.56. The lowest BCUT2D eigenvalue weighted by atomic mass is 9.64. The van der Waals surface area contributed by atoms with Crippen molar-refractivity contribution in [2.45, 2.75) is 73.1 Å². The van der Waals surface area contributed by atoms with Gasteiger partial charge in [0.2, 0.25) is 0 Å². The highest BCUT2D eigenvalue weighted by Gasteiger charge is 2.49. The van der Waals surface area contributed by atoms with Crippen LogP contribution in [0.4, 0.5) is 0 Å². The molecule has 0 N–H and O–H groups in total. The van der Waals surface area contributed by atoms with Crippen molar-refractivity contribution < 1.29 is 14.2 Å². The van der Waals surface area contributed by atoms with E-state index >= 15 is 0 Å². The van der Waals surface area contributed by atoms with Crippen molar-refractivity contribution in [3.05, 3.63) is 0 Å². The maximum Gasteiger partial charge on any atom is 0.180 e. The summed E-state index contributed by atoms with van der Waals surface area (Å²) in [6.07, 6.45) is 2.40. The van der Waals surface area contributed by atoms with Gasteiger partial charge in [0.05, 0.1) is 19.8 Å². The van der Waals surface area contributed by atoms with Gasteiger partial charge < -0.3 is 14.2 Å². The van der Waals surface area contributed by atoms with Crippen molar-refractivity contribution in [2.24, 2.45) is 22.7 Å². The van der Waals surface area contributed by atoms with Crippen molar-refractivity contribution in [3.8, 4) is 0 Å². The van der Waals surface area contributed by atoms with Crippen LogP contribution >= 0.6 is 0 Å². The average Bonchev–Trinajstić information content (AvgIpc) is 2.55. The number of ether oxygens (including phenoxy) is 3. The molecule has 0 bridgehead atoms. The summed E-state index contributed by atoms with van der Waals surface area (Å²) in [6.45, 7) is 21.1. The molecule has 0 atom stereocenters. The Morgan fingerprint density at radius 3 is 1.84 bits per heavy atom. The molecular formula is C21H41NO3. The normalized spacial score (nSPS) is 28.3. The fourth-order valence-corrected chi connectivity index (χ4v) is 4.40. The van der Waals surface area contributed by atoms with Gasteiger partial charge in [0.15, 0.2) is 6.29 Å². The van der Waals surface area contributed by atoms with Gasteiger partial charge in [0.25, 0.3) is 0 Å². The molecule has 2 aliphatic heterocycles. The van der Waals surface area contributed by atoms with Crippen LogP contribution in [0.2, 0.25) is 0 Å². The molecule has 2 fully saturated rings. The quantitative estimate of drug-likeness (QED) is 0.740. The summed E-state index contributed by atoms with van der Waals surface area (Å²) in [6, 6.07) is 0. The summed E-state index contributed by atoms with van der Waals surface area (Å²) < 4.78 is 16.9. The van der Waals surface area contributed by atoms with E-state index in [4.69, 9.17) is 14.2 Å². The summed E-state index contributed by atoms with van der Waals surface area (Å²) >= 11 is 0. The van der Waals surface area contributed by atoms with Crippen LogP contribution in [-0.2, 0) is 14.2 Å². The number of nitrogens with zero attached hydrogens (tertiary/aromatic N) is 1. The Kier molecular flexibility index (Phi) is 6.63. The van der Waals surface area contributed by atoms with E-state index in [1.54, 1.807) is 7.11 Å². The predicted molar refractivity (Wildman–Crippen MR) is 103 cm³/mol. The minimum absolute atomic E-state index is 0.111. The second kappa shape index (κ2) is 7.84. The molecule has 2 rings (SSSR count). The summed E-state index contributed by atoms with van der Waals surface area (Å²) in [5.41, 5.74) is 0.647. The van der Waals surface area contributed by atoms with Gasteiger partial charge in [-0.25, -0.2) is 0 Å². The summed E-state index contributed by atoms with van der Waals surface area (Å²) in [7, 11) is 1.69. The predicted octanol–water partition coefficient (Wildman–Crippen LogP) is 4.18. The van der Waals surface area contributed by atoms with E-state index in [0.29, 0.717) is 17.9 Å². The molecule has 25 heavy (non-hydrogen) atoms. The van der Waals surface area contributed by atoms with E-state index in [1.165, 1.54) is 25.9 Å². The minimum atomic E-state index is -0.206. The highest BCUT2D eigenvalue weighted by molar-refractivity contribution is 5.01. The van der Waals surface area contributed by atoms with Gasteiger partial charge in [0, 0.05) is 18.6 Å². The molecule has 0 radical (unpaired) electrons. The van der Waals surface area contributed by atoms with Crippen LogP contribution in [0.25, 0.3) is 0 Å². The molecule has 0 aromatic heterocycles. The molecule has 4 heteroatoms. The van der Waals surface area contributed by atoms with Crippen LogP contribution in [0.5, 0.6) is 0 Å². The first-order valence-corrected chi connectivity index (χ1v) is 9.97. The van der Waals surface area contributed by atoms with E-state index in [-0.39, 0.29) is 17.2 Å². The molecule has 2 saturated heterocycles. The van der Waals surface area contributed by atoms with E-state index in [2.05, 4.69) is 53.4 Å². The number of hydrogen-bond donors (Lipinski definition) is 0. The molecule has 2 heterocycles. The molecule has 0 saturated carbocycles. The maximum atomic E-state index is 5.90. The Morgan fingerprint density at radius 2 is 1.40 bits per heavy atom. The van der Waals surface area contributed by atoms with Crippen LogP contribution in [0.15, 0.2) is 0 Å². The van der Waals surface area contributed by atoms with Gasteiger partial charge in [-0.1, -0.05) is 34.6 Å². The van der Waals surface area contributed by atoms with Crippen LogP contribution in [-0.4, -0.2) is 56.7 Å². The van der Waals surface area contributed by atoms with Crippen LogP contribution in [0, 0.1) is 22.7 Å². The van der Waals surface area contributed by atoms with E-state index < -0.39 is 0 Å². The first kappa shape index (κ1) is 21.1. The molecule has 0 aromatic rings. The Labute approximate surface area is 155 Å². The van der Waals surface area contributed by atoms with E-state index in [9.17, 15) is 0 Å². The zero-order chi connectivity index (χ0) is 18.9. The molecule has 0 spiro atoms.